The Labute approximate surface area is 336 Å². The lowest BCUT2D eigenvalue weighted by Gasteiger charge is -2.50. The molecule has 4 aromatic carbocycles. The number of anilines is 2. The number of allylic oxidation sites excluding steroid dienone is 2. The minimum Gasteiger partial charge on any atom is -0.504 e. The maximum Gasteiger partial charge on any atom is 0.260 e. The summed E-state index contributed by atoms with van der Waals surface area (Å²) in [7, 11) is 2.96. The minimum atomic E-state index is -1.66. The molecule has 2 N–H and O–H groups in total. The van der Waals surface area contributed by atoms with Gasteiger partial charge in [-0.05, 0) is 90.9 Å². The zero-order valence-corrected chi connectivity index (χ0v) is 33.1. The number of nitrogens with one attached hydrogen (secondary N) is 1. The molecule has 13 heteroatoms. The number of benzene rings is 4. The lowest BCUT2D eigenvalue weighted by atomic mass is 9.49. The molecule has 4 aliphatic rings. The number of fused-ring (bicyclic) bond motifs is 4. The number of hydrogen-bond acceptors (Lipinski definition) is 8. The summed E-state index contributed by atoms with van der Waals surface area (Å²) in [6.07, 6.45) is 3.03. The first-order chi connectivity index (χ1) is 26.4. The monoisotopic (exact) mass is 843 g/mol. The molecule has 4 amide bonds. The SMILES string of the molecule is CCc1ccc(N2C(=O)C3CC=C4C(CC5C(=O)N(Nc6ccc(Cl)cc6Cl)C(=O)C5(c5ccc(OC)cc5)C4c4cc(Br)cc(OC)c4O)C3C2=O)cc1. The van der Waals surface area contributed by atoms with Gasteiger partial charge in [-0.2, -0.15) is 5.01 Å². The molecule has 10 nitrogen and oxygen atoms in total. The molecule has 0 radical (unpaired) electrons. The van der Waals surface area contributed by atoms with E-state index in [2.05, 4.69) is 21.4 Å². The molecule has 2 aliphatic heterocycles. The highest BCUT2D eigenvalue weighted by molar-refractivity contribution is 9.10. The van der Waals surface area contributed by atoms with Crippen molar-refractivity contribution in [1.82, 2.24) is 5.01 Å². The Morgan fingerprint density at radius 2 is 1.62 bits per heavy atom. The highest BCUT2D eigenvalue weighted by Crippen LogP contribution is 2.65. The zero-order valence-electron chi connectivity index (χ0n) is 30.0. The van der Waals surface area contributed by atoms with E-state index in [0.29, 0.717) is 37.6 Å². The molecule has 0 bridgehead atoms. The number of rotatable bonds is 8. The number of nitrogens with zero attached hydrogens (tertiary/aromatic N) is 2. The molecule has 8 rings (SSSR count). The predicted octanol–water partition coefficient (Wildman–Crippen LogP) is 8.23. The molecule has 0 spiro atoms. The van der Waals surface area contributed by atoms with Crippen LogP contribution in [-0.4, -0.2) is 48.0 Å². The van der Waals surface area contributed by atoms with Crippen molar-refractivity contribution in [1.29, 1.82) is 0 Å². The first-order valence-corrected chi connectivity index (χ1v) is 19.5. The second-order valence-electron chi connectivity index (χ2n) is 14.3. The van der Waals surface area contributed by atoms with E-state index in [1.54, 1.807) is 60.7 Å². The van der Waals surface area contributed by atoms with Gasteiger partial charge in [0.15, 0.2) is 11.5 Å². The van der Waals surface area contributed by atoms with Crippen molar-refractivity contribution < 1.29 is 33.8 Å². The van der Waals surface area contributed by atoms with Crippen molar-refractivity contribution in [2.45, 2.75) is 37.5 Å². The molecule has 2 aliphatic carbocycles. The third kappa shape index (κ3) is 5.65. The molecule has 2 heterocycles. The van der Waals surface area contributed by atoms with Crippen LogP contribution in [0.1, 0.15) is 42.4 Å². The summed E-state index contributed by atoms with van der Waals surface area (Å²) in [6.45, 7) is 2.03. The molecular weight excluding hydrogens is 809 g/mol. The summed E-state index contributed by atoms with van der Waals surface area (Å²) in [5, 5.41) is 13.5. The summed E-state index contributed by atoms with van der Waals surface area (Å²) in [6, 6.07) is 22.3. The maximum absolute atomic E-state index is 15.5. The third-order valence-electron chi connectivity index (χ3n) is 11.8. The molecule has 6 unspecified atom stereocenters. The summed E-state index contributed by atoms with van der Waals surface area (Å²) in [5.41, 5.74) is 4.66. The predicted molar refractivity (Wildman–Crippen MR) is 211 cm³/mol. The average Bonchev–Trinajstić information content (AvgIpc) is 3.57. The molecule has 55 heavy (non-hydrogen) atoms. The van der Waals surface area contributed by atoms with E-state index in [9.17, 15) is 14.7 Å². The van der Waals surface area contributed by atoms with Crippen molar-refractivity contribution in [3.05, 3.63) is 122 Å². The van der Waals surface area contributed by atoms with E-state index in [1.165, 1.54) is 25.2 Å². The van der Waals surface area contributed by atoms with E-state index < -0.39 is 46.8 Å². The van der Waals surface area contributed by atoms with Gasteiger partial charge < -0.3 is 14.6 Å². The number of imide groups is 2. The van der Waals surface area contributed by atoms with Gasteiger partial charge >= 0.3 is 0 Å². The minimum absolute atomic E-state index is 0.0696. The maximum atomic E-state index is 15.5. The van der Waals surface area contributed by atoms with Crippen LogP contribution in [0.4, 0.5) is 11.4 Å². The quantitative estimate of drug-likeness (QED) is 0.134. The first-order valence-electron chi connectivity index (χ1n) is 17.9. The fourth-order valence-corrected chi connectivity index (χ4v) is 10.2. The van der Waals surface area contributed by atoms with Gasteiger partial charge in [-0.25, -0.2) is 0 Å². The number of amides is 4. The second kappa shape index (κ2) is 14.0. The van der Waals surface area contributed by atoms with Gasteiger partial charge in [0.2, 0.25) is 11.8 Å². The Kier molecular flexibility index (Phi) is 9.46. The van der Waals surface area contributed by atoms with Gasteiger partial charge in [-0.1, -0.05) is 82.0 Å². The van der Waals surface area contributed by atoms with Crippen LogP contribution in [-0.2, 0) is 31.0 Å². The summed E-state index contributed by atoms with van der Waals surface area (Å²) in [5.74, 6) is -5.54. The fraction of sp³-hybridized carbons (Fsp3) is 0.286. The molecular formula is C42H36BrCl2N3O7. The molecule has 1 saturated carbocycles. The van der Waals surface area contributed by atoms with E-state index in [4.69, 9.17) is 32.7 Å². The standard InChI is InChI=1S/C42H36BrCl2N3O7/c1-4-21-5-10-25(11-6-21)47-38(50)28-15-14-27-29(35(28)40(47)52)20-31-39(51)48(46-33-16-9-24(44)19-32(33)45)41(53)42(31,22-7-12-26(54-2)13-8-22)36(27)30-17-23(43)18-34(55-3)37(30)49/h5-14,16-19,28-29,31,35-36,46,49H,4,15,20H2,1-3H3. The van der Waals surface area contributed by atoms with Crippen molar-refractivity contribution in [3.63, 3.8) is 0 Å². The molecule has 4 aromatic rings. The summed E-state index contributed by atoms with van der Waals surface area (Å²) >= 11 is 16.3. The highest BCUT2D eigenvalue weighted by Gasteiger charge is 2.71. The Bertz CT molecular complexity index is 2300. The van der Waals surface area contributed by atoms with Crippen molar-refractivity contribution in [3.8, 4) is 17.2 Å². The van der Waals surface area contributed by atoms with E-state index in [1.807, 2.05) is 25.1 Å². The number of aryl methyl sites for hydroxylation is 1. The number of halogens is 3. The van der Waals surface area contributed by atoms with Gasteiger partial charge in [0, 0.05) is 21.0 Å². The van der Waals surface area contributed by atoms with E-state index in [-0.39, 0.29) is 46.9 Å². The number of aromatic hydroxyl groups is 1. The Balaban J connectivity index is 1.35. The number of carbonyl (C=O) groups excluding carboxylic acids is 4. The highest BCUT2D eigenvalue weighted by atomic mass is 79.9. The van der Waals surface area contributed by atoms with Crippen LogP contribution in [0.15, 0.2) is 95.0 Å². The molecule has 6 atom stereocenters. The van der Waals surface area contributed by atoms with Gasteiger partial charge in [-0.15, -0.1) is 0 Å². The Hall–Kier alpha value is -4.84. The Morgan fingerprint density at radius 3 is 2.27 bits per heavy atom. The topological polar surface area (TPSA) is 125 Å². The smallest absolute Gasteiger partial charge is 0.260 e. The second-order valence-corrected chi connectivity index (χ2v) is 16.0. The van der Waals surface area contributed by atoms with E-state index in [0.717, 1.165) is 17.0 Å². The number of hydrazine groups is 1. The van der Waals surface area contributed by atoms with Crippen LogP contribution in [0.2, 0.25) is 10.0 Å². The average molecular weight is 846 g/mol. The van der Waals surface area contributed by atoms with Crippen molar-refractivity contribution in [2.75, 3.05) is 24.5 Å². The number of phenolic OH excluding ortho intramolecular Hbond substituents is 1. The van der Waals surface area contributed by atoms with E-state index >= 15 is 9.59 Å². The summed E-state index contributed by atoms with van der Waals surface area (Å²) < 4.78 is 11.6. The normalized spacial score (nSPS) is 25.7. The number of carbonyl (C=O) groups is 4. The number of phenols is 1. The fourth-order valence-electron chi connectivity index (χ4n) is 9.29. The van der Waals surface area contributed by atoms with Crippen LogP contribution >= 0.6 is 39.1 Å². The van der Waals surface area contributed by atoms with Crippen LogP contribution in [0.25, 0.3) is 0 Å². The van der Waals surface area contributed by atoms with Gasteiger partial charge in [0.25, 0.3) is 11.8 Å². The van der Waals surface area contributed by atoms with Crippen LogP contribution in [0, 0.1) is 23.7 Å². The lowest BCUT2D eigenvalue weighted by Crippen LogP contribution is -2.53. The molecule has 3 fully saturated rings. The van der Waals surface area contributed by atoms with Crippen molar-refractivity contribution >= 4 is 74.1 Å². The van der Waals surface area contributed by atoms with Crippen LogP contribution in [0.3, 0.4) is 0 Å². The largest absolute Gasteiger partial charge is 0.504 e. The zero-order chi connectivity index (χ0) is 38.9. The molecule has 2 saturated heterocycles. The third-order valence-corrected chi connectivity index (χ3v) is 12.8. The van der Waals surface area contributed by atoms with Gasteiger partial charge in [-0.3, -0.25) is 29.5 Å². The summed E-state index contributed by atoms with van der Waals surface area (Å²) in [4.78, 5) is 60.6. The molecule has 0 aromatic heterocycles. The molecule has 282 valence electrons. The number of hydrogen-bond donors (Lipinski definition) is 2. The van der Waals surface area contributed by atoms with Crippen LogP contribution in [0.5, 0.6) is 17.2 Å². The van der Waals surface area contributed by atoms with Crippen LogP contribution < -0.4 is 19.8 Å². The number of ether oxygens (including phenoxy) is 2. The van der Waals surface area contributed by atoms with Crippen molar-refractivity contribution in [2.24, 2.45) is 23.7 Å². The number of methoxy groups -OCH3 is 2. The first kappa shape index (κ1) is 37.1. The lowest BCUT2D eigenvalue weighted by molar-refractivity contribution is -0.138. The van der Waals surface area contributed by atoms with Gasteiger partial charge in [0.05, 0.1) is 53.8 Å². The Morgan fingerprint density at radius 1 is 0.891 bits per heavy atom. The van der Waals surface area contributed by atoms with Gasteiger partial charge in [0.1, 0.15) is 5.75 Å².